The molecule has 0 fully saturated rings. The summed E-state index contributed by atoms with van der Waals surface area (Å²) in [4.78, 5) is 8.80. The zero-order chi connectivity index (χ0) is 16.1. The molecule has 3 rings (SSSR count). The quantitative estimate of drug-likeness (QED) is 0.566. The van der Waals surface area contributed by atoms with Crippen LogP contribution in [0.2, 0.25) is 5.02 Å². The Bertz CT molecular complexity index is 831. The molecule has 1 N–H and O–H groups in total. The lowest BCUT2D eigenvalue weighted by Gasteiger charge is -2.05. The molecule has 4 nitrogen and oxygen atoms in total. The van der Waals surface area contributed by atoms with Crippen LogP contribution < -0.4 is 5.43 Å². The van der Waals surface area contributed by atoms with Crippen LogP contribution in [-0.4, -0.2) is 16.2 Å². The van der Waals surface area contributed by atoms with Crippen LogP contribution in [0.15, 0.2) is 65.8 Å². The summed E-state index contributed by atoms with van der Waals surface area (Å²) in [6, 6.07) is 19.3. The van der Waals surface area contributed by atoms with Crippen molar-refractivity contribution in [1.82, 2.24) is 9.97 Å². The molecular weight excluding hydrogens is 308 g/mol. The van der Waals surface area contributed by atoms with Gasteiger partial charge in [-0.25, -0.2) is 9.97 Å². The fourth-order valence-corrected chi connectivity index (χ4v) is 2.31. The first kappa shape index (κ1) is 15.2. The van der Waals surface area contributed by atoms with Crippen molar-refractivity contribution in [2.24, 2.45) is 5.10 Å². The van der Waals surface area contributed by atoms with Crippen molar-refractivity contribution in [3.8, 4) is 11.3 Å². The Kier molecular flexibility index (Phi) is 4.64. The van der Waals surface area contributed by atoms with Gasteiger partial charge in [-0.15, -0.1) is 0 Å². The second-order valence-corrected chi connectivity index (χ2v) is 5.35. The van der Waals surface area contributed by atoms with Gasteiger partial charge in [0, 0.05) is 22.2 Å². The number of halogens is 1. The van der Waals surface area contributed by atoms with Crippen LogP contribution in [0.3, 0.4) is 0 Å². The van der Waals surface area contributed by atoms with E-state index in [4.69, 9.17) is 11.6 Å². The molecule has 0 saturated heterocycles. The molecule has 0 amide bonds. The average Bonchev–Trinajstić information content (AvgIpc) is 2.57. The molecule has 5 heteroatoms. The fourth-order valence-electron chi connectivity index (χ4n) is 2.13. The molecule has 0 saturated carbocycles. The van der Waals surface area contributed by atoms with Gasteiger partial charge in [0.05, 0.1) is 11.9 Å². The molecule has 0 atom stereocenters. The molecule has 23 heavy (non-hydrogen) atoms. The van der Waals surface area contributed by atoms with Crippen molar-refractivity contribution in [3.63, 3.8) is 0 Å². The highest BCUT2D eigenvalue weighted by atomic mass is 35.5. The predicted molar refractivity (Wildman–Crippen MR) is 94.9 cm³/mol. The van der Waals surface area contributed by atoms with E-state index in [1.54, 1.807) is 6.21 Å². The minimum Gasteiger partial charge on any atom is -0.261 e. The van der Waals surface area contributed by atoms with Crippen molar-refractivity contribution in [1.29, 1.82) is 0 Å². The van der Waals surface area contributed by atoms with Gasteiger partial charge >= 0.3 is 0 Å². The second-order valence-electron chi connectivity index (χ2n) is 4.94. The van der Waals surface area contributed by atoms with Gasteiger partial charge in [-0.3, -0.25) is 5.43 Å². The first-order valence-electron chi connectivity index (χ1n) is 7.17. The smallest absolute Gasteiger partial charge is 0.150 e. The van der Waals surface area contributed by atoms with Gasteiger partial charge in [-0.05, 0) is 13.0 Å². The van der Waals surface area contributed by atoms with Crippen LogP contribution in [0.5, 0.6) is 0 Å². The fraction of sp³-hybridized carbons (Fsp3) is 0.0556. The average molecular weight is 323 g/mol. The summed E-state index contributed by atoms with van der Waals surface area (Å²) in [5.41, 5.74) is 5.67. The third-order valence-corrected chi connectivity index (χ3v) is 3.54. The van der Waals surface area contributed by atoms with Crippen LogP contribution in [0.4, 0.5) is 5.82 Å². The topological polar surface area (TPSA) is 50.2 Å². The molecule has 3 aromatic rings. The monoisotopic (exact) mass is 322 g/mol. The van der Waals surface area contributed by atoms with Crippen molar-refractivity contribution in [3.05, 3.63) is 77.1 Å². The van der Waals surface area contributed by atoms with Gasteiger partial charge in [0.15, 0.2) is 0 Å². The molecule has 114 valence electrons. The number of nitrogens with zero attached hydrogens (tertiary/aromatic N) is 3. The number of hydrogen-bond acceptors (Lipinski definition) is 4. The Morgan fingerprint density at radius 1 is 1.00 bits per heavy atom. The van der Waals surface area contributed by atoms with E-state index in [0.717, 1.165) is 16.8 Å². The number of aryl methyl sites for hydroxylation is 1. The molecular formula is C18H15ClN4. The molecule has 0 spiro atoms. The summed E-state index contributed by atoms with van der Waals surface area (Å²) in [7, 11) is 0. The summed E-state index contributed by atoms with van der Waals surface area (Å²) in [5.74, 6) is 1.32. The lowest BCUT2D eigenvalue weighted by atomic mass is 10.1. The van der Waals surface area contributed by atoms with E-state index in [9.17, 15) is 0 Å². The number of aromatic nitrogens is 2. The Morgan fingerprint density at radius 2 is 1.74 bits per heavy atom. The second kappa shape index (κ2) is 7.03. The zero-order valence-corrected chi connectivity index (χ0v) is 13.3. The first-order chi connectivity index (χ1) is 11.2. The highest BCUT2D eigenvalue weighted by Gasteiger charge is 2.03. The maximum atomic E-state index is 6.09. The van der Waals surface area contributed by atoms with E-state index < -0.39 is 0 Å². The van der Waals surface area contributed by atoms with E-state index in [1.165, 1.54) is 0 Å². The number of rotatable bonds is 4. The minimum atomic E-state index is 0.639. The Balaban J connectivity index is 1.81. The molecule has 0 unspecified atom stereocenters. The van der Waals surface area contributed by atoms with Crippen molar-refractivity contribution in [2.75, 3.05) is 5.43 Å². The third kappa shape index (κ3) is 3.93. The van der Waals surface area contributed by atoms with E-state index in [0.29, 0.717) is 16.7 Å². The van der Waals surface area contributed by atoms with E-state index in [2.05, 4.69) is 20.5 Å². The normalized spacial score (nSPS) is 10.9. The summed E-state index contributed by atoms with van der Waals surface area (Å²) < 4.78 is 0. The van der Waals surface area contributed by atoms with E-state index in [-0.39, 0.29) is 0 Å². The SMILES string of the molecule is Cc1nc(NN=Cc2ccccc2Cl)cc(-c2ccccc2)n1. The van der Waals surface area contributed by atoms with Crippen LogP contribution in [0.1, 0.15) is 11.4 Å². The van der Waals surface area contributed by atoms with Crippen LogP contribution >= 0.6 is 11.6 Å². The Morgan fingerprint density at radius 3 is 2.52 bits per heavy atom. The number of hydrazone groups is 1. The molecule has 1 aromatic heterocycles. The predicted octanol–water partition coefficient (Wildman–Crippen LogP) is 4.55. The molecule has 0 radical (unpaired) electrons. The third-order valence-electron chi connectivity index (χ3n) is 3.20. The minimum absolute atomic E-state index is 0.639. The summed E-state index contributed by atoms with van der Waals surface area (Å²) in [5, 5.41) is 4.85. The zero-order valence-electron chi connectivity index (χ0n) is 12.6. The highest BCUT2D eigenvalue weighted by Crippen LogP contribution is 2.19. The van der Waals surface area contributed by atoms with Gasteiger partial charge in [-0.2, -0.15) is 5.10 Å². The number of nitrogens with one attached hydrogen (secondary N) is 1. The summed E-state index contributed by atoms with van der Waals surface area (Å²) >= 11 is 6.09. The van der Waals surface area contributed by atoms with Crippen molar-refractivity contribution in [2.45, 2.75) is 6.92 Å². The molecule has 0 aliphatic rings. The van der Waals surface area contributed by atoms with Crippen molar-refractivity contribution >= 4 is 23.6 Å². The lowest BCUT2D eigenvalue weighted by Crippen LogP contribution is -1.99. The van der Waals surface area contributed by atoms with Crippen molar-refractivity contribution < 1.29 is 0 Å². The van der Waals surface area contributed by atoms with Gasteiger partial charge in [-0.1, -0.05) is 60.1 Å². The van der Waals surface area contributed by atoms with Crippen LogP contribution in [-0.2, 0) is 0 Å². The summed E-state index contributed by atoms with van der Waals surface area (Å²) in [6.45, 7) is 1.86. The molecule has 0 aliphatic carbocycles. The standard InChI is InChI=1S/C18H15ClN4/c1-13-21-17(14-7-3-2-4-8-14)11-18(22-13)23-20-12-15-9-5-6-10-16(15)19/h2-12H,1H3,(H,21,22,23). The largest absolute Gasteiger partial charge is 0.261 e. The first-order valence-corrected chi connectivity index (χ1v) is 7.55. The van der Waals surface area contributed by atoms with E-state index in [1.807, 2.05) is 67.6 Å². The summed E-state index contributed by atoms with van der Waals surface area (Å²) in [6.07, 6.45) is 1.67. The van der Waals surface area contributed by atoms with Gasteiger partial charge < -0.3 is 0 Å². The Hall–Kier alpha value is -2.72. The maximum absolute atomic E-state index is 6.09. The van der Waals surface area contributed by atoms with E-state index >= 15 is 0 Å². The van der Waals surface area contributed by atoms with Gasteiger partial charge in [0.1, 0.15) is 11.6 Å². The Labute approximate surface area is 139 Å². The maximum Gasteiger partial charge on any atom is 0.150 e. The highest BCUT2D eigenvalue weighted by molar-refractivity contribution is 6.33. The van der Waals surface area contributed by atoms with Crippen LogP contribution in [0.25, 0.3) is 11.3 Å². The van der Waals surface area contributed by atoms with Gasteiger partial charge in [0.2, 0.25) is 0 Å². The number of anilines is 1. The number of benzene rings is 2. The molecule has 2 aromatic carbocycles. The van der Waals surface area contributed by atoms with Crippen LogP contribution in [0, 0.1) is 6.92 Å². The lowest BCUT2D eigenvalue weighted by molar-refractivity contribution is 1.05. The molecule has 1 heterocycles. The number of hydrogen-bond donors (Lipinski definition) is 1. The molecule has 0 bridgehead atoms. The molecule has 0 aliphatic heterocycles. The van der Waals surface area contributed by atoms with Gasteiger partial charge in [0.25, 0.3) is 0 Å².